The Morgan fingerprint density at radius 2 is 1.57 bits per heavy atom. The maximum absolute atomic E-state index is 12.6. The van der Waals surface area contributed by atoms with Crippen LogP contribution in [0.5, 0.6) is 0 Å². The van der Waals surface area contributed by atoms with E-state index >= 15 is 0 Å². The Hall–Kier alpha value is -0.970. The van der Waals surface area contributed by atoms with Crippen molar-refractivity contribution in [2.45, 2.75) is 0 Å². The van der Waals surface area contributed by atoms with Gasteiger partial charge in [0, 0.05) is 11.8 Å². The molecule has 0 aliphatic heterocycles. The van der Waals surface area contributed by atoms with E-state index in [0.29, 0.717) is 0 Å². The van der Waals surface area contributed by atoms with Crippen LogP contribution in [-0.4, -0.2) is 4.98 Å². The normalized spacial score (nSPS) is 10.1. The van der Waals surface area contributed by atoms with Crippen molar-refractivity contribution in [1.29, 1.82) is 0 Å². The van der Waals surface area contributed by atoms with Gasteiger partial charge in [-0.25, -0.2) is 9.37 Å². The fourth-order valence-electron chi connectivity index (χ4n) is 1.19. The molecule has 1 nitrogen and oxygen atoms in total. The van der Waals surface area contributed by atoms with Crippen molar-refractivity contribution in [3.8, 4) is 11.1 Å². The van der Waals surface area contributed by atoms with E-state index in [2.05, 4.69) is 27.6 Å². The molecule has 0 spiro atoms. The molecule has 0 unspecified atom stereocenters. The van der Waals surface area contributed by atoms with Gasteiger partial charge in [0.15, 0.2) is 0 Å². The molecule has 1 aromatic heterocycles. The van der Waals surface area contributed by atoms with Crippen molar-refractivity contribution in [2.24, 2.45) is 0 Å². The highest BCUT2D eigenvalue weighted by molar-refractivity contribution is 14.1. The Morgan fingerprint density at radius 1 is 0.929 bits per heavy atom. The number of hydrogen-bond acceptors (Lipinski definition) is 1. The Morgan fingerprint density at radius 3 is 2.14 bits per heavy atom. The third-order valence-corrected chi connectivity index (χ3v) is 2.54. The predicted octanol–water partition coefficient (Wildman–Crippen LogP) is 3.49. The number of pyridine rings is 1. The van der Waals surface area contributed by atoms with Gasteiger partial charge in [-0.3, -0.25) is 0 Å². The lowest BCUT2D eigenvalue weighted by Gasteiger charge is -2.00. The van der Waals surface area contributed by atoms with E-state index in [9.17, 15) is 4.39 Å². The Bertz CT molecular complexity index is 379. The maximum Gasteiger partial charge on any atom is 0.123 e. The number of aromatic nitrogens is 1. The molecular weight excluding hydrogens is 292 g/mol. The van der Waals surface area contributed by atoms with Crippen LogP contribution in [-0.2, 0) is 0 Å². The van der Waals surface area contributed by atoms with Gasteiger partial charge in [-0.2, -0.15) is 0 Å². The molecule has 0 saturated carbocycles. The molecule has 2 aromatic rings. The van der Waals surface area contributed by atoms with E-state index in [0.717, 1.165) is 14.8 Å². The molecule has 1 heterocycles. The smallest absolute Gasteiger partial charge is 0.123 e. The van der Waals surface area contributed by atoms with E-state index in [1.807, 2.05) is 12.1 Å². The van der Waals surface area contributed by atoms with Crippen LogP contribution in [0.3, 0.4) is 0 Å². The monoisotopic (exact) mass is 299 g/mol. The van der Waals surface area contributed by atoms with E-state index in [1.165, 1.54) is 12.1 Å². The van der Waals surface area contributed by atoms with Gasteiger partial charge in [-0.1, -0.05) is 18.2 Å². The zero-order chi connectivity index (χ0) is 9.97. The SMILES string of the molecule is Fc1ccc(-c2ccc(I)nc2)cc1. The lowest BCUT2D eigenvalue weighted by Crippen LogP contribution is -1.82. The number of benzene rings is 1. The zero-order valence-electron chi connectivity index (χ0n) is 7.24. The van der Waals surface area contributed by atoms with Crippen molar-refractivity contribution < 1.29 is 4.39 Å². The molecule has 14 heavy (non-hydrogen) atoms. The molecule has 70 valence electrons. The highest BCUT2D eigenvalue weighted by atomic mass is 127. The quantitative estimate of drug-likeness (QED) is 0.580. The van der Waals surface area contributed by atoms with Crippen molar-refractivity contribution in [1.82, 2.24) is 4.98 Å². The van der Waals surface area contributed by atoms with Gasteiger partial charge in [-0.05, 0) is 46.4 Å². The first kappa shape index (κ1) is 9.58. The molecule has 0 aliphatic rings. The summed E-state index contributed by atoms with van der Waals surface area (Å²) in [4.78, 5) is 4.17. The molecule has 0 N–H and O–H groups in total. The average molecular weight is 299 g/mol. The van der Waals surface area contributed by atoms with Crippen LogP contribution in [0.25, 0.3) is 11.1 Å². The third-order valence-electron chi connectivity index (χ3n) is 1.90. The molecule has 0 amide bonds. The topological polar surface area (TPSA) is 12.9 Å². The predicted molar refractivity (Wildman–Crippen MR) is 62.3 cm³/mol. The number of rotatable bonds is 1. The van der Waals surface area contributed by atoms with Gasteiger partial charge in [0.05, 0.1) is 0 Å². The Labute approximate surface area is 95.1 Å². The number of halogens is 2. The summed E-state index contributed by atoms with van der Waals surface area (Å²) in [6.45, 7) is 0. The summed E-state index contributed by atoms with van der Waals surface area (Å²) in [5.41, 5.74) is 1.99. The summed E-state index contributed by atoms with van der Waals surface area (Å²) in [7, 11) is 0. The zero-order valence-corrected chi connectivity index (χ0v) is 9.40. The van der Waals surface area contributed by atoms with Crippen LogP contribution < -0.4 is 0 Å². The van der Waals surface area contributed by atoms with E-state index in [4.69, 9.17) is 0 Å². The fraction of sp³-hybridized carbons (Fsp3) is 0. The van der Waals surface area contributed by atoms with Gasteiger partial charge in [0.2, 0.25) is 0 Å². The van der Waals surface area contributed by atoms with Crippen LogP contribution in [0.1, 0.15) is 0 Å². The van der Waals surface area contributed by atoms with Crippen LogP contribution >= 0.6 is 22.6 Å². The molecule has 0 saturated heterocycles. The molecule has 0 bridgehead atoms. The standard InChI is InChI=1S/C11H7FIN/c12-10-4-1-8(2-5-10)9-3-6-11(13)14-7-9/h1-7H. The van der Waals surface area contributed by atoms with Gasteiger partial charge in [0.1, 0.15) is 9.52 Å². The molecule has 3 heteroatoms. The minimum Gasteiger partial charge on any atom is -0.250 e. The van der Waals surface area contributed by atoms with Crippen LogP contribution in [0.15, 0.2) is 42.6 Å². The second kappa shape index (κ2) is 4.04. The lowest BCUT2D eigenvalue weighted by atomic mass is 10.1. The van der Waals surface area contributed by atoms with Gasteiger partial charge < -0.3 is 0 Å². The molecule has 0 fully saturated rings. The molecule has 0 atom stereocenters. The molecule has 0 radical (unpaired) electrons. The molecule has 1 aromatic carbocycles. The van der Waals surface area contributed by atoms with Gasteiger partial charge >= 0.3 is 0 Å². The highest BCUT2D eigenvalue weighted by Gasteiger charge is 1.97. The largest absolute Gasteiger partial charge is 0.250 e. The summed E-state index contributed by atoms with van der Waals surface area (Å²) in [5.74, 6) is -0.216. The average Bonchev–Trinajstić information content (AvgIpc) is 2.21. The van der Waals surface area contributed by atoms with Gasteiger partial charge in [0.25, 0.3) is 0 Å². The number of hydrogen-bond donors (Lipinski definition) is 0. The lowest BCUT2D eigenvalue weighted by molar-refractivity contribution is 0.628. The first-order valence-corrected chi connectivity index (χ1v) is 5.21. The Balaban J connectivity index is 2.40. The highest BCUT2D eigenvalue weighted by Crippen LogP contribution is 2.18. The summed E-state index contributed by atoms with van der Waals surface area (Å²) < 4.78 is 13.6. The van der Waals surface area contributed by atoms with Crippen molar-refractivity contribution in [2.75, 3.05) is 0 Å². The van der Waals surface area contributed by atoms with Crippen molar-refractivity contribution >= 4 is 22.6 Å². The van der Waals surface area contributed by atoms with E-state index < -0.39 is 0 Å². The van der Waals surface area contributed by atoms with Crippen molar-refractivity contribution in [3.05, 3.63) is 52.1 Å². The summed E-state index contributed by atoms with van der Waals surface area (Å²) in [6.07, 6.45) is 1.79. The molecule has 0 aliphatic carbocycles. The van der Waals surface area contributed by atoms with E-state index in [1.54, 1.807) is 18.3 Å². The maximum atomic E-state index is 12.6. The van der Waals surface area contributed by atoms with Crippen molar-refractivity contribution in [3.63, 3.8) is 0 Å². The van der Waals surface area contributed by atoms with Gasteiger partial charge in [-0.15, -0.1) is 0 Å². The minimum atomic E-state index is -0.216. The second-order valence-electron chi connectivity index (χ2n) is 2.88. The summed E-state index contributed by atoms with van der Waals surface area (Å²) >= 11 is 2.15. The summed E-state index contributed by atoms with van der Waals surface area (Å²) in [6, 6.07) is 10.3. The minimum absolute atomic E-state index is 0.216. The molecule has 2 rings (SSSR count). The summed E-state index contributed by atoms with van der Waals surface area (Å²) in [5, 5.41) is 0. The second-order valence-corrected chi connectivity index (χ2v) is 3.98. The third kappa shape index (κ3) is 2.09. The van der Waals surface area contributed by atoms with Crippen LogP contribution in [0, 0.1) is 9.52 Å². The van der Waals surface area contributed by atoms with Crippen LogP contribution in [0.2, 0.25) is 0 Å². The first-order chi connectivity index (χ1) is 6.75. The van der Waals surface area contributed by atoms with Crippen LogP contribution in [0.4, 0.5) is 4.39 Å². The van der Waals surface area contributed by atoms with E-state index in [-0.39, 0.29) is 5.82 Å². The first-order valence-electron chi connectivity index (χ1n) is 4.13. The fourth-order valence-corrected chi connectivity index (χ4v) is 1.51. The molecular formula is C11H7FIN. The Kier molecular flexibility index (Phi) is 2.77. The number of nitrogens with zero attached hydrogens (tertiary/aromatic N) is 1.